The number of hydrogen-bond donors (Lipinski definition) is 3. The summed E-state index contributed by atoms with van der Waals surface area (Å²) in [5.41, 5.74) is 6.08. The summed E-state index contributed by atoms with van der Waals surface area (Å²) in [5, 5.41) is 14.6. The van der Waals surface area contributed by atoms with Gasteiger partial charge in [0.25, 0.3) is 0 Å². The van der Waals surface area contributed by atoms with Gasteiger partial charge in [-0.25, -0.2) is 4.39 Å². The molecule has 0 amide bonds. The van der Waals surface area contributed by atoms with Crippen LogP contribution in [0.2, 0.25) is 0 Å². The number of oxime groups is 1. The molecule has 0 fully saturated rings. The lowest BCUT2D eigenvalue weighted by Crippen LogP contribution is -2.19. The number of hydrogen-bond acceptors (Lipinski definition) is 4. The summed E-state index contributed by atoms with van der Waals surface area (Å²) < 4.78 is 14.1. The fourth-order valence-corrected chi connectivity index (χ4v) is 2.36. The van der Waals surface area contributed by atoms with Crippen molar-refractivity contribution < 1.29 is 9.60 Å². The van der Waals surface area contributed by atoms with Crippen LogP contribution in [0.3, 0.4) is 0 Å². The van der Waals surface area contributed by atoms with Crippen LogP contribution in [0.15, 0.2) is 23.4 Å². The van der Waals surface area contributed by atoms with E-state index in [2.05, 4.69) is 16.7 Å². The molecule has 0 aromatic heterocycles. The summed E-state index contributed by atoms with van der Waals surface area (Å²) in [4.78, 5) is 0. The van der Waals surface area contributed by atoms with E-state index < -0.39 is 5.82 Å². The van der Waals surface area contributed by atoms with Crippen LogP contribution in [0.5, 0.6) is 0 Å². The molecule has 4 N–H and O–H groups in total. The standard InChI is InChI=1S/C14H22FN3OS/c1-20-9-4-2-3-8-17-10-11-6-5-7-12(13(11)15)14(16)18-19/h5-7,17,19H,2-4,8-10H2,1H3,(H2,16,18). The van der Waals surface area contributed by atoms with Gasteiger partial charge in [0.1, 0.15) is 5.82 Å². The zero-order valence-electron chi connectivity index (χ0n) is 11.7. The van der Waals surface area contributed by atoms with Gasteiger partial charge in [0, 0.05) is 12.1 Å². The first kappa shape index (κ1) is 16.8. The molecule has 6 heteroatoms. The Balaban J connectivity index is 2.41. The first-order valence-electron chi connectivity index (χ1n) is 6.65. The predicted molar refractivity (Wildman–Crippen MR) is 82.9 cm³/mol. The second-order valence-electron chi connectivity index (χ2n) is 4.49. The highest BCUT2D eigenvalue weighted by Crippen LogP contribution is 2.12. The molecule has 112 valence electrons. The second-order valence-corrected chi connectivity index (χ2v) is 5.48. The molecule has 4 nitrogen and oxygen atoms in total. The summed E-state index contributed by atoms with van der Waals surface area (Å²) in [5.74, 6) is 0.551. The average molecular weight is 299 g/mol. The highest BCUT2D eigenvalue weighted by atomic mass is 32.2. The summed E-state index contributed by atoms with van der Waals surface area (Å²) in [6, 6.07) is 4.90. The first-order valence-corrected chi connectivity index (χ1v) is 8.05. The van der Waals surface area contributed by atoms with Crippen molar-refractivity contribution in [1.82, 2.24) is 5.32 Å². The van der Waals surface area contributed by atoms with E-state index in [1.54, 1.807) is 12.1 Å². The number of amidine groups is 1. The molecular weight excluding hydrogens is 277 g/mol. The molecule has 0 unspecified atom stereocenters. The number of nitrogens with two attached hydrogens (primary N) is 1. The van der Waals surface area contributed by atoms with Crippen LogP contribution in [-0.2, 0) is 6.54 Å². The summed E-state index contributed by atoms with van der Waals surface area (Å²) in [6.07, 6.45) is 5.59. The SMILES string of the molecule is CSCCCCCNCc1cccc(/C(N)=N/O)c1F. The number of benzene rings is 1. The molecule has 1 aromatic carbocycles. The highest BCUT2D eigenvalue weighted by molar-refractivity contribution is 7.98. The molecule has 0 saturated carbocycles. The van der Waals surface area contributed by atoms with E-state index in [4.69, 9.17) is 10.9 Å². The summed E-state index contributed by atoms with van der Waals surface area (Å²) in [6.45, 7) is 1.31. The zero-order valence-corrected chi connectivity index (χ0v) is 12.5. The van der Waals surface area contributed by atoms with Crippen LogP contribution >= 0.6 is 11.8 Å². The van der Waals surface area contributed by atoms with Crippen LogP contribution in [0.1, 0.15) is 30.4 Å². The number of thioether (sulfide) groups is 1. The molecule has 0 bridgehead atoms. The minimum atomic E-state index is -0.433. The van der Waals surface area contributed by atoms with Gasteiger partial charge in [-0.3, -0.25) is 0 Å². The Labute approximate surface area is 123 Å². The number of halogens is 1. The maximum absolute atomic E-state index is 14.1. The first-order chi connectivity index (χ1) is 9.70. The van der Waals surface area contributed by atoms with Crippen LogP contribution in [0.25, 0.3) is 0 Å². The fourth-order valence-electron chi connectivity index (χ4n) is 1.86. The van der Waals surface area contributed by atoms with E-state index in [0.29, 0.717) is 12.1 Å². The molecule has 0 atom stereocenters. The van der Waals surface area contributed by atoms with Gasteiger partial charge in [0.15, 0.2) is 5.84 Å². The monoisotopic (exact) mass is 299 g/mol. The van der Waals surface area contributed by atoms with E-state index in [0.717, 1.165) is 13.0 Å². The average Bonchev–Trinajstić information content (AvgIpc) is 2.47. The molecule has 0 aliphatic heterocycles. The van der Waals surface area contributed by atoms with Gasteiger partial charge in [0.05, 0.1) is 5.56 Å². The molecular formula is C14H22FN3OS. The van der Waals surface area contributed by atoms with Crippen LogP contribution < -0.4 is 11.1 Å². The van der Waals surface area contributed by atoms with Crippen LogP contribution in [0.4, 0.5) is 4.39 Å². The van der Waals surface area contributed by atoms with Crippen LogP contribution in [0, 0.1) is 5.82 Å². The lowest BCUT2D eigenvalue weighted by molar-refractivity contribution is 0.318. The number of nitrogens with one attached hydrogen (secondary N) is 1. The molecule has 20 heavy (non-hydrogen) atoms. The number of nitrogens with zero attached hydrogens (tertiary/aromatic N) is 1. The van der Waals surface area contributed by atoms with Gasteiger partial charge in [-0.15, -0.1) is 0 Å². The predicted octanol–water partition coefficient (Wildman–Crippen LogP) is 2.54. The van der Waals surface area contributed by atoms with Gasteiger partial charge in [-0.2, -0.15) is 11.8 Å². The molecule has 0 aliphatic rings. The Morgan fingerprint density at radius 3 is 2.90 bits per heavy atom. The summed E-state index contributed by atoms with van der Waals surface area (Å²) >= 11 is 1.86. The number of rotatable bonds is 9. The Hall–Kier alpha value is -1.27. The minimum absolute atomic E-state index is 0.131. The topological polar surface area (TPSA) is 70.6 Å². The van der Waals surface area contributed by atoms with Gasteiger partial charge < -0.3 is 16.3 Å². The molecule has 0 radical (unpaired) electrons. The minimum Gasteiger partial charge on any atom is -0.409 e. The number of unbranched alkanes of at least 4 members (excludes halogenated alkanes) is 2. The molecule has 0 saturated heterocycles. The van der Waals surface area contributed by atoms with Gasteiger partial charge in [-0.05, 0) is 37.5 Å². The van der Waals surface area contributed by atoms with Crippen molar-refractivity contribution in [3.63, 3.8) is 0 Å². The van der Waals surface area contributed by atoms with Gasteiger partial charge >= 0.3 is 0 Å². The van der Waals surface area contributed by atoms with Crippen molar-refractivity contribution in [3.8, 4) is 0 Å². The van der Waals surface area contributed by atoms with Crippen molar-refractivity contribution >= 4 is 17.6 Å². The quantitative estimate of drug-likeness (QED) is 0.215. The van der Waals surface area contributed by atoms with Crippen molar-refractivity contribution in [1.29, 1.82) is 0 Å². The third-order valence-electron chi connectivity index (χ3n) is 2.98. The Kier molecular flexibility index (Phi) is 8.06. The van der Waals surface area contributed by atoms with E-state index in [-0.39, 0.29) is 11.4 Å². The highest BCUT2D eigenvalue weighted by Gasteiger charge is 2.10. The van der Waals surface area contributed by atoms with Crippen molar-refractivity contribution in [2.24, 2.45) is 10.9 Å². The fraction of sp³-hybridized carbons (Fsp3) is 0.500. The Morgan fingerprint density at radius 2 is 2.20 bits per heavy atom. The lowest BCUT2D eigenvalue weighted by Gasteiger charge is -2.08. The molecule has 1 rings (SSSR count). The lowest BCUT2D eigenvalue weighted by atomic mass is 10.1. The summed E-state index contributed by atoms with van der Waals surface area (Å²) in [7, 11) is 0. The van der Waals surface area contributed by atoms with Crippen LogP contribution in [-0.4, -0.2) is 29.6 Å². The second kappa shape index (κ2) is 9.61. The molecule has 0 spiro atoms. The third kappa shape index (κ3) is 5.38. The van der Waals surface area contributed by atoms with Gasteiger partial charge in [0.2, 0.25) is 0 Å². The zero-order chi connectivity index (χ0) is 14.8. The van der Waals surface area contributed by atoms with E-state index in [9.17, 15) is 4.39 Å². The van der Waals surface area contributed by atoms with E-state index >= 15 is 0 Å². The van der Waals surface area contributed by atoms with E-state index in [1.165, 1.54) is 24.7 Å². The maximum Gasteiger partial charge on any atom is 0.173 e. The Bertz CT molecular complexity index is 440. The molecule has 1 aromatic rings. The maximum atomic E-state index is 14.1. The smallest absolute Gasteiger partial charge is 0.173 e. The normalized spacial score (nSPS) is 11.8. The van der Waals surface area contributed by atoms with Gasteiger partial charge in [-0.1, -0.05) is 23.7 Å². The van der Waals surface area contributed by atoms with Crippen molar-refractivity contribution in [2.75, 3.05) is 18.6 Å². The molecule has 0 aliphatic carbocycles. The van der Waals surface area contributed by atoms with Crippen molar-refractivity contribution in [3.05, 3.63) is 35.1 Å². The Morgan fingerprint density at radius 1 is 1.40 bits per heavy atom. The largest absolute Gasteiger partial charge is 0.409 e. The van der Waals surface area contributed by atoms with Crippen molar-refractivity contribution in [2.45, 2.75) is 25.8 Å². The van der Waals surface area contributed by atoms with E-state index in [1.807, 2.05) is 11.8 Å². The third-order valence-corrected chi connectivity index (χ3v) is 3.68. The molecule has 0 heterocycles.